The summed E-state index contributed by atoms with van der Waals surface area (Å²) in [5, 5.41) is 21.5. The van der Waals surface area contributed by atoms with E-state index in [0.717, 1.165) is 30.0 Å². The summed E-state index contributed by atoms with van der Waals surface area (Å²) < 4.78 is 10.2. The van der Waals surface area contributed by atoms with Crippen LogP contribution >= 0.6 is 11.8 Å². The Morgan fingerprint density at radius 2 is 1.88 bits per heavy atom. The van der Waals surface area contributed by atoms with Crippen LogP contribution in [0.25, 0.3) is 0 Å². The first-order valence-electron chi connectivity index (χ1n) is 6.57. The zero-order valence-electron chi connectivity index (χ0n) is 12.8. The second-order valence-corrected chi connectivity index (χ2v) is 5.71. The van der Waals surface area contributed by atoms with E-state index in [9.17, 15) is 29.8 Å². The van der Waals surface area contributed by atoms with Gasteiger partial charge in [0.1, 0.15) is 12.7 Å². The van der Waals surface area contributed by atoms with E-state index >= 15 is 0 Å². The average Bonchev–Trinajstić information content (AvgIpc) is 2.49. The summed E-state index contributed by atoms with van der Waals surface area (Å²) in [6.45, 7) is 2.29. The molecule has 10 nitrogen and oxygen atoms in total. The summed E-state index contributed by atoms with van der Waals surface area (Å²) in [5.41, 5.74) is -1.03. The molecule has 1 aromatic carbocycles. The third-order valence-corrected chi connectivity index (χ3v) is 3.52. The Bertz CT molecular complexity index is 663. The normalized spacial score (nSPS) is 11.4. The number of thioether (sulfide) groups is 1. The quantitative estimate of drug-likeness (QED) is 0.388. The highest BCUT2D eigenvalue weighted by atomic mass is 32.2. The van der Waals surface area contributed by atoms with Crippen molar-refractivity contribution in [1.29, 1.82) is 0 Å². The number of nitro groups is 2. The first-order chi connectivity index (χ1) is 11.2. The lowest BCUT2D eigenvalue weighted by molar-refractivity contribution is -0.394. The van der Waals surface area contributed by atoms with E-state index < -0.39 is 33.3 Å². The molecule has 0 aliphatic carbocycles. The Hall–Kier alpha value is -2.69. The predicted octanol–water partition coefficient (Wildman–Crippen LogP) is 2.09. The molecular weight excluding hydrogens is 344 g/mol. The number of hydrogen-bond acceptors (Lipinski definition) is 9. The topological polar surface area (TPSA) is 139 Å². The average molecular weight is 358 g/mol. The van der Waals surface area contributed by atoms with Gasteiger partial charge in [-0.15, -0.1) is 0 Å². The van der Waals surface area contributed by atoms with E-state index in [2.05, 4.69) is 0 Å². The molecule has 0 amide bonds. The molecule has 11 heteroatoms. The summed E-state index contributed by atoms with van der Waals surface area (Å²) in [4.78, 5) is 42.1. The SMILES string of the molecule is CC(=O)OC(COc1ccc([N+](=O)[O-])cc1[N+](=O)[O-])CSC(C)=O. The minimum atomic E-state index is -0.812. The number of non-ortho nitro benzene ring substituents is 1. The number of rotatable bonds is 8. The Morgan fingerprint density at radius 1 is 1.21 bits per heavy atom. The highest BCUT2D eigenvalue weighted by molar-refractivity contribution is 8.13. The van der Waals surface area contributed by atoms with Crippen molar-refractivity contribution in [3.8, 4) is 5.75 Å². The van der Waals surface area contributed by atoms with Gasteiger partial charge in [0, 0.05) is 25.7 Å². The molecule has 0 spiro atoms. The molecule has 1 rings (SSSR count). The first kappa shape index (κ1) is 19.4. The fraction of sp³-hybridized carbons (Fsp3) is 0.385. The van der Waals surface area contributed by atoms with Crippen LogP contribution < -0.4 is 4.74 Å². The second-order valence-electron chi connectivity index (χ2n) is 4.51. The van der Waals surface area contributed by atoms with Crippen molar-refractivity contribution in [2.75, 3.05) is 12.4 Å². The maximum absolute atomic E-state index is 11.0. The minimum Gasteiger partial charge on any atom is -0.483 e. The molecule has 130 valence electrons. The van der Waals surface area contributed by atoms with Crippen LogP contribution in [0.5, 0.6) is 5.75 Å². The van der Waals surface area contributed by atoms with Crippen LogP contribution in [0, 0.1) is 20.2 Å². The van der Waals surface area contributed by atoms with Crippen molar-refractivity contribution in [1.82, 2.24) is 0 Å². The van der Waals surface area contributed by atoms with Crippen LogP contribution in [-0.4, -0.2) is 39.4 Å². The molecule has 1 atom stereocenters. The van der Waals surface area contributed by atoms with Gasteiger partial charge in [0.05, 0.1) is 15.9 Å². The monoisotopic (exact) mass is 358 g/mol. The van der Waals surface area contributed by atoms with E-state index in [1.807, 2.05) is 0 Å². The van der Waals surface area contributed by atoms with Crippen LogP contribution in [-0.2, 0) is 14.3 Å². The van der Waals surface area contributed by atoms with Gasteiger partial charge in [-0.2, -0.15) is 0 Å². The molecule has 1 aromatic rings. The number of ether oxygens (including phenoxy) is 2. The third-order valence-electron chi connectivity index (χ3n) is 2.58. The lowest BCUT2D eigenvalue weighted by Gasteiger charge is -2.16. The zero-order chi connectivity index (χ0) is 18.3. The Labute approximate surface area is 140 Å². The number of nitro benzene ring substituents is 2. The van der Waals surface area contributed by atoms with Gasteiger partial charge in [0.2, 0.25) is 0 Å². The van der Waals surface area contributed by atoms with Gasteiger partial charge in [-0.05, 0) is 6.07 Å². The van der Waals surface area contributed by atoms with E-state index in [0.29, 0.717) is 0 Å². The van der Waals surface area contributed by atoms with Crippen molar-refractivity contribution in [3.63, 3.8) is 0 Å². The van der Waals surface area contributed by atoms with Crippen LogP contribution in [0.4, 0.5) is 11.4 Å². The number of nitrogens with zero attached hydrogens (tertiary/aromatic N) is 2. The fourth-order valence-electron chi connectivity index (χ4n) is 1.63. The molecular formula is C13H14N2O8S. The van der Waals surface area contributed by atoms with Crippen LogP contribution in [0.1, 0.15) is 13.8 Å². The molecule has 0 radical (unpaired) electrons. The predicted molar refractivity (Wildman–Crippen MR) is 83.9 cm³/mol. The molecule has 0 bridgehead atoms. The molecule has 0 saturated carbocycles. The molecule has 24 heavy (non-hydrogen) atoms. The summed E-state index contributed by atoms with van der Waals surface area (Å²) in [6, 6.07) is 2.94. The standard InChI is InChI=1S/C13H14N2O8S/c1-8(16)23-11(7-24-9(2)17)6-22-13-4-3-10(14(18)19)5-12(13)15(20)21/h3-5,11H,6-7H2,1-2H3. The van der Waals surface area contributed by atoms with Gasteiger partial charge in [0.15, 0.2) is 10.9 Å². The Morgan fingerprint density at radius 3 is 2.38 bits per heavy atom. The van der Waals surface area contributed by atoms with Gasteiger partial charge in [-0.3, -0.25) is 29.8 Å². The lowest BCUT2D eigenvalue weighted by Crippen LogP contribution is -2.27. The van der Waals surface area contributed by atoms with E-state index in [-0.39, 0.29) is 23.2 Å². The summed E-state index contributed by atoms with van der Waals surface area (Å²) in [5.74, 6) is -0.670. The van der Waals surface area contributed by atoms with Crippen molar-refractivity contribution < 1.29 is 28.9 Å². The smallest absolute Gasteiger partial charge is 0.317 e. The first-order valence-corrected chi connectivity index (χ1v) is 7.55. The highest BCUT2D eigenvalue weighted by Crippen LogP contribution is 2.31. The summed E-state index contributed by atoms with van der Waals surface area (Å²) >= 11 is 0.914. The van der Waals surface area contributed by atoms with Gasteiger partial charge in [-0.1, -0.05) is 11.8 Å². The van der Waals surface area contributed by atoms with Gasteiger partial charge >= 0.3 is 11.7 Å². The lowest BCUT2D eigenvalue weighted by atomic mass is 10.2. The molecule has 1 unspecified atom stereocenters. The number of esters is 1. The van der Waals surface area contributed by atoms with Gasteiger partial charge < -0.3 is 9.47 Å². The van der Waals surface area contributed by atoms with Crippen LogP contribution in [0.3, 0.4) is 0 Å². The minimum absolute atomic E-state index is 0.121. The molecule has 0 aliphatic rings. The zero-order valence-corrected chi connectivity index (χ0v) is 13.6. The van der Waals surface area contributed by atoms with Crippen LogP contribution in [0.15, 0.2) is 18.2 Å². The van der Waals surface area contributed by atoms with Crippen molar-refractivity contribution in [3.05, 3.63) is 38.4 Å². The molecule has 0 N–H and O–H groups in total. The molecule has 0 aromatic heterocycles. The molecule has 0 heterocycles. The highest BCUT2D eigenvalue weighted by Gasteiger charge is 2.22. The van der Waals surface area contributed by atoms with E-state index in [1.54, 1.807) is 0 Å². The largest absolute Gasteiger partial charge is 0.483 e. The van der Waals surface area contributed by atoms with E-state index in [1.165, 1.54) is 13.8 Å². The van der Waals surface area contributed by atoms with Crippen LogP contribution in [0.2, 0.25) is 0 Å². The molecule has 0 saturated heterocycles. The Kier molecular flexibility index (Phi) is 7.11. The van der Waals surface area contributed by atoms with Crippen molar-refractivity contribution in [2.24, 2.45) is 0 Å². The van der Waals surface area contributed by atoms with Crippen molar-refractivity contribution in [2.45, 2.75) is 20.0 Å². The van der Waals surface area contributed by atoms with Gasteiger partial charge in [-0.25, -0.2) is 0 Å². The van der Waals surface area contributed by atoms with E-state index in [4.69, 9.17) is 9.47 Å². The number of benzene rings is 1. The second kappa shape index (κ2) is 8.82. The summed E-state index contributed by atoms with van der Waals surface area (Å²) in [6.07, 6.45) is -0.800. The number of carbonyl (C=O) groups is 2. The maximum Gasteiger partial charge on any atom is 0.317 e. The Balaban J connectivity index is 2.88. The fourth-order valence-corrected chi connectivity index (χ4v) is 2.21. The number of carbonyl (C=O) groups excluding carboxylic acids is 2. The number of hydrogen-bond donors (Lipinski definition) is 0. The molecule has 0 aliphatic heterocycles. The third kappa shape index (κ3) is 6.20. The van der Waals surface area contributed by atoms with Crippen molar-refractivity contribution >= 4 is 34.2 Å². The maximum atomic E-state index is 11.0. The summed E-state index contributed by atoms with van der Waals surface area (Å²) in [7, 11) is 0. The molecule has 0 fully saturated rings. The van der Waals surface area contributed by atoms with Gasteiger partial charge in [0.25, 0.3) is 5.69 Å².